The molecule has 396 valence electrons. The number of carboxylic acid groups (broad SMARTS) is 1. The van der Waals surface area contributed by atoms with E-state index < -0.39 is 67.3 Å². The van der Waals surface area contributed by atoms with Crippen LogP contribution >= 0.6 is 0 Å². The molecule has 3 N–H and O–H groups in total. The smallest absolute Gasteiger partial charge is 0.335 e. The van der Waals surface area contributed by atoms with E-state index in [2.05, 4.69) is 81.5 Å². The highest BCUT2D eigenvalue weighted by atomic mass is 16.7. The first-order chi connectivity index (χ1) is 33.6. The first-order valence-electron chi connectivity index (χ1n) is 27.3. The molecule has 1 rings (SSSR count). The Kier molecular flexibility index (Phi) is 41.9. The van der Waals surface area contributed by atoms with Crippen molar-refractivity contribution < 1.29 is 58.2 Å². The van der Waals surface area contributed by atoms with Crippen LogP contribution in [-0.2, 0) is 42.9 Å². The SMILES string of the molecule is CCC/C=C\C/C=C\CCCCCCCC(=O)OCC(COC1OC(C(=O)O)C(O)C(O)C1OC(=O)CCCCCCC/C=C\CCCCCC)OC(=O)CCCCCCC/C=C\C/C=C\CCC. The van der Waals surface area contributed by atoms with Crippen LogP contribution in [0, 0.1) is 0 Å². The molecule has 0 aromatic heterocycles. The number of carboxylic acids is 1. The lowest BCUT2D eigenvalue weighted by molar-refractivity contribution is -0.301. The third kappa shape index (κ3) is 36.1. The second kappa shape index (κ2) is 45.6. The zero-order valence-corrected chi connectivity index (χ0v) is 43.3. The Morgan fingerprint density at radius 1 is 0.478 bits per heavy atom. The van der Waals surface area contributed by atoms with Crippen LogP contribution in [0.4, 0.5) is 0 Å². The van der Waals surface area contributed by atoms with Crippen molar-refractivity contribution in [3.05, 3.63) is 60.8 Å². The van der Waals surface area contributed by atoms with Crippen molar-refractivity contribution in [3.8, 4) is 0 Å². The van der Waals surface area contributed by atoms with Gasteiger partial charge in [-0.15, -0.1) is 0 Å². The van der Waals surface area contributed by atoms with Gasteiger partial charge in [0.15, 0.2) is 24.6 Å². The number of carbonyl (C=O) groups excluding carboxylic acids is 3. The summed E-state index contributed by atoms with van der Waals surface area (Å²) >= 11 is 0. The maximum absolute atomic E-state index is 13.1. The molecular weight excluding hydrogens is 877 g/mol. The van der Waals surface area contributed by atoms with Crippen molar-refractivity contribution in [3.63, 3.8) is 0 Å². The average molecular weight is 973 g/mol. The quantitative estimate of drug-likeness (QED) is 0.0228. The number of aliphatic hydroxyl groups is 2. The lowest BCUT2D eigenvalue weighted by Crippen LogP contribution is -2.61. The Hall–Kier alpha value is -3.58. The normalized spacial score (nSPS) is 19.1. The van der Waals surface area contributed by atoms with Gasteiger partial charge in [0.25, 0.3) is 0 Å². The number of ether oxygens (including phenoxy) is 5. The van der Waals surface area contributed by atoms with Crippen LogP contribution in [-0.4, -0.2) is 89.2 Å². The summed E-state index contributed by atoms with van der Waals surface area (Å²) in [6.07, 6.45) is 42.0. The van der Waals surface area contributed by atoms with Gasteiger partial charge in [-0.1, -0.05) is 171 Å². The lowest BCUT2D eigenvalue weighted by atomic mass is 9.98. The molecule has 69 heavy (non-hydrogen) atoms. The molecule has 1 fully saturated rings. The van der Waals surface area contributed by atoms with Gasteiger partial charge in [-0.05, 0) is 96.3 Å². The standard InChI is InChI=1S/C57H96O12/c1-4-7-10-13-16-19-22-25-28-31-34-37-40-43-49(58)65-46-48(67-50(59)44-41-38-35-32-29-26-23-20-17-14-11-8-5-2)47-66-57-55(53(62)52(61)54(69-57)56(63)64)68-51(60)45-42-39-36-33-30-27-24-21-18-15-12-9-6-3/h10-11,13-14,19-24,48,52-55,57,61-62H,4-9,12,15-18,25-47H2,1-3H3,(H,63,64)/b13-10-,14-11-,22-19-,23-20-,24-21-. The number of rotatable bonds is 45. The summed E-state index contributed by atoms with van der Waals surface area (Å²) in [5.41, 5.74) is 0. The largest absolute Gasteiger partial charge is 0.479 e. The van der Waals surface area contributed by atoms with E-state index in [1.54, 1.807) is 0 Å². The van der Waals surface area contributed by atoms with Crippen molar-refractivity contribution in [2.45, 2.75) is 263 Å². The van der Waals surface area contributed by atoms with Gasteiger partial charge in [0.2, 0.25) is 0 Å². The van der Waals surface area contributed by atoms with Crippen molar-refractivity contribution in [1.29, 1.82) is 0 Å². The molecule has 12 nitrogen and oxygen atoms in total. The highest BCUT2D eigenvalue weighted by molar-refractivity contribution is 5.74. The van der Waals surface area contributed by atoms with Gasteiger partial charge in [-0.3, -0.25) is 14.4 Å². The summed E-state index contributed by atoms with van der Waals surface area (Å²) < 4.78 is 28.3. The Balaban J connectivity index is 2.75. The van der Waals surface area contributed by atoms with Crippen LogP contribution < -0.4 is 0 Å². The topological polar surface area (TPSA) is 175 Å². The number of hydrogen-bond donors (Lipinski definition) is 3. The van der Waals surface area contributed by atoms with Gasteiger partial charge in [-0.2, -0.15) is 0 Å². The summed E-state index contributed by atoms with van der Waals surface area (Å²) in [5.74, 6) is -3.17. The van der Waals surface area contributed by atoms with E-state index in [9.17, 15) is 34.5 Å². The molecule has 0 saturated carbocycles. The monoisotopic (exact) mass is 973 g/mol. The molecule has 6 unspecified atom stereocenters. The Morgan fingerprint density at radius 2 is 0.899 bits per heavy atom. The molecule has 0 spiro atoms. The second-order valence-corrected chi connectivity index (χ2v) is 18.5. The summed E-state index contributed by atoms with van der Waals surface area (Å²) in [4.78, 5) is 50.9. The predicted molar refractivity (Wildman–Crippen MR) is 275 cm³/mol. The Bertz CT molecular complexity index is 1440. The molecule has 1 heterocycles. The molecule has 1 aliphatic rings. The van der Waals surface area contributed by atoms with Crippen LogP contribution in [0.25, 0.3) is 0 Å². The molecule has 0 aromatic rings. The van der Waals surface area contributed by atoms with Gasteiger partial charge in [0, 0.05) is 19.3 Å². The van der Waals surface area contributed by atoms with Crippen molar-refractivity contribution >= 4 is 23.9 Å². The van der Waals surface area contributed by atoms with Gasteiger partial charge in [0.1, 0.15) is 18.8 Å². The van der Waals surface area contributed by atoms with Crippen LogP contribution in [0.3, 0.4) is 0 Å². The Morgan fingerprint density at radius 3 is 1.38 bits per heavy atom. The van der Waals surface area contributed by atoms with E-state index in [4.69, 9.17) is 23.7 Å². The van der Waals surface area contributed by atoms with Crippen LogP contribution in [0.5, 0.6) is 0 Å². The van der Waals surface area contributed by atoms with E-state index in [1.807, 2.05) is 0 Å². The first kappa shape index (κ1) is 63.4. The highest BCUT2D eigenvalue weighted by Crippen LogP contribution is 2.26. The van der Waals surface area contributed by atoms with E-state index in [0.29, 0.717) is 19.3 Å². The van der Waals surface area contributed by atoms with Gasteiger partial charge in [-0.25, -0.2) is 4.79 Å². The zero-order valence-electron chi connectivity index (χ0n) is 43.3. The predicted octanol–water partition coefficient (Wildman–Crippen LogP) is 13.2. The number of unbranched alkanes of at least 4 members (excludes halogenated alkanes) is 21. The minimum atomic E-state index is -1.91. The van der Waals surface area contributed by atoms with Crippen molar-refractivity contribution in [2.75, 3.05) is 13.2 Å². The summed E-state index contributed by atoms with van der Waals surface area (Å²) in [5, 5.41) is 31.4. The van der Waals surface area contributed by atoms with Gasteiger partial charge in [0.05, 0.1) is 6.61 Å². The minimum Gasteiger partial charge on any atom is -0.479 e. The highest BCUT2D eigenvalue weighted by Gasteiger charge is 2.50. The third-order valence-corrected chi connectivity index (χ3v) is 12.0. The van der Waals surface area contributed by atoms with Gasteiger partial charge >= 0.3 is 23.9 Å². The zero-order chi connectivity index (χ0) is 50.4. The number of allylic oxidation sites excluding steroid dienone is 10. The molecule has 0 amide bonds. The summed E-state index contributed by atoms with van der Waals surface area (Å²) in [6.45, 7) is 5.80. The molecule has 1 saturated heterocycles. The molecule has 0 bridgehead atoms. The Labute approximate surface area is 417 Å². The lowest BCUT2D eigenvalue weighted by Gasteiger charge is -2.40. The molecule has 0 radical (unpaired) electrons. The number of carbonyl (C=O) groups is 4. The van der Waals surface area contributed by atoms with E-state index in [1.165, 1.54) is 25.7 Å². The molecular formula is C57H96O12. The molecule has 1 aliphatic heterocycles. The molecule has 6 atom stereocenters. The van der Waals surface area contributed by atoms with Crippen LogP contribution in [0.2, 0.25) is 0 Å². The fourth-order valence-corrected chi connectivity index (χ4v) is 7.79. The molecule has 0 aromatic carbocycles. The van der Waals surface area contributed by atoms with Crippen molar-refractivity contribution in [2.24, 2.45) is 0 Å². The fourth-order valence-electron chi connectivity index (χ4n) is 7.79. The maximum Gasteiger partial charge on any atom is 0.335 e. The molecule has 0 aliphatic carbocycles. The second-order valence-electron chi connectivity index (χ2n) is 18.5. The van der Waals surface area contributed by atoms with E-state index in [0.717, 1.165) is 141 Å². The maximum atomic E-state index is 13.1. The van der Waals surface area contributed by atoms with Crippen LogP contribution in [0.15, 0.2) is 60.8 Å². The number of hydrogen-bond acceptors (Lipinski definition) is 11. The van der Waals surface area contributed by atoms with E-state index in [-0.39, 0.29) is 25.9 Å². The minimum absolute atomic E-state index is 0.0465. The fraction of sp³-hybridized carbons (Fsp3) is 0.754. The number of aliphatic hydroxyl groups excluding tert-OH is 2. The summed E-state index contributed by atoms with van der Waals surface area (Å²) in [7, 11) is 0. The van der Waals surface area contributed by atoms with E-state index >= 15 is 0 Å². The van der Waals surface area contributed by atoms with Crippen LogP contribution in [0.1, 0.15) is 226 Å². The number of aliphatic carboxylic acids is 1. The third-order valence-electron chi connectivity index (χ3n) is 12.0. The van der Waals surface area contributed by atoms with Crippen molar-refractivity contribution in [1.82, 2.24) is 0 Å². The van der Waals surface area contributed by atoms with Gasteiger partial charge < -0.3 is 39.0 Å². The molecule has 12 heteroatoms. The first-order valence-corrected chi connectivity index (χ1v) is 27.3. The average Bonchev–Trinajstić information content (AvgIpc) is 3.33. The number of esters is 3. The summed E-state index contributed by atoms with van der Waals surface area (Å²) in [6, 6.07) is 0.